The van der Waals surface area contributed by atoms with Gasteiger partial charge in [0.25, 0.3) is 0 Å². The fourth-order valence-electron chi connectivity index (χ4n) is 0.626. The Balaban J connectivity index is 2.79. The van der Waals surface area contributed by atoms with Crippen LogP contribution in [0.25, 0.3) is 0 Å². The lowest BCUT2D eigenvalue weighted by Gasteiger charge is -1.96. The first-order valence-electron chi connectivity index (χ1n) is 2.78. The van der Waals surface area contributed by atoms with Crippen molar-refractivity contribution in [1.82, 2.24) is 0 Å². The fraction of sp³-hybridized carbons (Fsp3) is 0. The highest BCUT2D eigenvalue weighted by Crippen LogP contribution is 1.99. The standard InChI is InChI=1S/C5H5N3O3/c9-7-3-1-2-5(4-7)6-8(10)11/h1-4,6H. The summed E-state index contributed by atoms with van der Waals surface area (Å²) in [6.07, 6.45) is 2.31. The van der Waals surface area contributed by atoms with E-state index in [1.807, 2.05) is 5.43 Å². The van der Waals surface area contributed by atoms with Crippen LogP contribution in [0.4, 0.5) is 5.69 Å². The van der Waals surface area contributed by atoms with Crippen molar-refractivity contribution in [3.63, 3.8) is 0 Å². The van der Waals surface area contributed by atoms with Gasteiger partial charge in [-0.25, -0.2) is 10.1 Å². The van der Waals surface area contributed by atoms with Crippen molar-refractivity contribution in [2.45, 2.75) is 0 Å². The summed E-state index contributed by atoms with van der Waals surface area (Å²) in [7, 11) is 0. The molecule has 0 amide bonds. The molecule has 0 aliphatic rings. The van der Waals surface area contributed by atoms with E-state index in [9.17, 15) is 15.3 Å². The second kappa shape index (κ2) is 2.82. The molecule has 0 fully saturated rings. The third-order valence-electron chi connectivity index (χ3n) is 0.995. The van der Waals surface area contributed by atoms with E-state index in [2.05, 4.69) is 0 Å². The lowest BCUT2D eigenvalue weighted by atomic mass is 10.4. The van der Waals surface area contributed by atoms with Gasteiger partial charge in [0.15, 0.2) is 16.9 Å². The predicted molar refractivity (Wildman–Crippen MR) is 36.0 cm³/mol. The smallest absolute Gasteiger partial charge is 0.209 e. The number of nitrogens with one attached hydrogen (secondary N) is 1. The first-order chi connectivity index (χ1) is 5.18. The number of hydrogen-bond acceptors (Lipinski definition) is 3. The molecule has 0 spiro atoms. The molecule has 0 aliphatic heterocycles. The van der Waals surface area contributed by atoms with Crippen LogP contribution in [0.15, 0.2) is 24.5 Å². The maximum atomic E-state index is 10.5. The van der Waals surface area contributed by atoms with Gasteiger partial charge in [0.05, 0.1) is 0 Å². The van der Waals surface area contributed by atoms with Crippen LogP contribution in [0.3, 0.4) is 0 Å². The first kappa shape index (κ1) is 7.26. The van der Waals surface area contributed by atoms with E-state index in [-0.39, 0.29) is 5.69 Å². The average molecular weight is 155 g/mol. The quantitative estimate of drug-likeness (QED) is 0.280. The lowest BCUT2D eigenvalue weighted by Crippen LogP contribution is -2.25. The van der Waals surface area contributed by atoms with E-state index in [4.69, 9.17) is 0 Å². The first-order valence-corrected chi connectivity index (χ1v) is 2.78. The molecule has 1 rings (SSSR count). The van der Waals surface area contributed by atoms with Gasteiger partial charge in [-0.3, -0.25) is 0 Å². The van der Waals surface area contributed by atoms with Gasteiger partial charge in [-0.15, -0.1) is 5.43 Å². The molecule has 1 aromatic rings. The van der Waals surface area contributed by atoms with Gasteiger partial charge in [0.1, 0.15) is 0 Å². The molecule has 6 heteroatoms. The van der Waals surface area contributed by atoms with Gasteiger partial charge in [-0.05, 0) is 6.07 Å². The zero-order chi connectivity index (χ0) is 8.27. The summed E-state index contributed by atoms with van der Waals surface area (Å²) in [5.74, 6) is 0. The largest absolute Gasteiger partial charge is 0.619 e. The highest BCUT2D eigenvalue weighted by Gasteiger charge is 2.00. The molecule has 0 saturated carbocycles. The van der Waals surface area contributed by atoms with Crippen molar-refractivity contribution in [3.05, 3.63) is 39.8 Å². The van der Waals surface area contributed by atoms with E-state index in [1.54, 1.807) is 0 Å². The normalized spacial score (nSPS) is 9.09. The molecule has 1 N–H and O–H groups in total. The zero-order valence-electron chi connectivity index (χ0n) is 5.43. The molecular weight excluding hydrogens is 150 g/mol. The molecule has 0 aromatic carbocycles. The summed E-state index contributed by atoms with van der Waals surface area (Å²) >= 11 is 0. The molecule has 0 atom stereocenters. The van der Waals surface area contributed by atoms with Crippen molar-refractivity contribution in [3.8, 4) is 0 Å². The molecule has 0 radical (unpaired) electrons. The van der Waals surface area contributed by atoms with Gasteiger partial charge in [-0.1, -0.05) is 0 Å². The maximum Gasteiger partial charge on any atom is 0.209 e. The predicted octanol–water partition coefficient (Wildman–Crippen LogP) is -0.0764. The minimum absolute atomic E-state index is 0.160. The van der Waals surface area contributed by atoms with Crippen LogP contribution in [0.2, 0.25) is 0 Å². The topological polar surface area (TPSA) is 82.1 Å². The number of nitro groups is 1. The molecule has 0 unspecified atom stereocenters. The summed E-state index contributed by atoms with van der Waals surface area (Å²) in [6, 6.07) is 2.84. The molecule has 6 nitrogen and oxygen atoms in total. The number of nitrogens with zero attached hydrogens (tertiary/aromatic N) is 2. The number of anilines is 1. The maximum absolute atomic E-state index is 10.5. The highest BCUT2D eigenvalue weighted by molar-refractivity contribution is 5.34. The third-order valence-corrected chi connectivity index (χ3v) is 0.995. The van der Waals surface area contributed by atoms with Gasteiger partial charge >= 0.3 is 0 Å². The Morgan fingerprint density at radius 2 is 2.36 bits per heavy atom. The Morgan fingerprint density at radius 3 is 2.91 bits per heavy atom. The number of pyridine rings is 1. The summed E-state index contributed by atoms with van der Waals surface area (Å²) in [5.41, 5.74) is 2.01. The molecule has 11 heavy (non-hydrogen) atoms. The Bertz CT molecular complexity index is 275. The average Bonchev–Trinajstić information content (AvgIpc) is 1.85. The van der Waals surface area contributed by atoms with Crippen LogP contribution >= 0.6 is 0 Å². The van der Waals surface area contributed by atoms with Crippen molar-refractivity contribution < 1.29 is 9.76 Å². The SMILES string of the molecule is O=[N+]([O-])Nc1ccc[n+]([O-])c1. The van der Waals surface area contributed by atoms with Crippen molar-refractivity contribution in [1.29, 1.82) is 0 Å². The van der Waals surface area contributed by atoms with Gasteiger partial charge in [0.2, 0.25) is 6.20 Å². The second-order valence-electron chi connectivity index (χ2n) is 1.82. The Labute approximate surface area is 61.8 Å². The Morgan fingerprint density at radius 1 is 1.64 bits per heavy atom. The molecule has 1 aromatic heterocycles. The molecule has 1 heterocycles. The fourth-order valence-corrected chi connectivity index (χ4v) is 0.626. The summed E-state index contributed by atoms with van der Waals surface area (Å²) in [4.78, 5) is 9.86. The minimum atomic E-state index is -0.727. The third kappa shape index (κ3) is 2.09. The van der Waals surface area contributed by atoms with Crippen LogP contribution in [-0.4, -0.2) is 5.03 Å². The van der Waals surface area contributed by atoms with E-state index in [0.29, 0.717) is 4.73 Å². The van der Waals surface area contributed by atoms with Crippen LogP contribution in [0.5, 0.6) is 0 Å². The number of hydrogen-bond donors (Lipinski definition) is 1. The number of hydrazine groups is 1. The number of aromatic nitrogens is 1. The summed E-state index contributed by atoms with van der Waals surface area (Å²) < 4.78 is 0.478. The molecule has 0 saturated heterocycles. The van der Waals surface area contributed by atoms with Gasteiger partial charge in [-0.2, -0.15) is 4.73 Å². The summed E-state index contributed by atoms with van der Waals surface area (Å²) in [6.45, 7) is 0. The lowest BCUT2D eigenvalue weighted by molar-refractivity contribution is -0.605. The van der Waals surface area contributed by atoms with Gasteiger partial charge < -0.3 is 5.21 Å². The van der Waals surface area contributed by atoms with Gasteiger partial charge in [0, 0.05) is 6.07 Å². The van der Waals surface area contributed by atoms with Crippen LogP contribution in [0.1, 0.15) is 0 Å². The molecular formula is C5H5N3O3. The zero-order valence-corrected chi connectivity index (χ0v) is 5.43. The highest BCUT2D eigenvalue weighted by atomic mass is 16.7. The number of rotatable bonds is 2. The van der Waals surface area contributed by atoms with E-state index < -0.39 is 5.03 Å². The summed E-state index contributed by atoms with van der Waals surface area (Å²) in [5, 5.41) is 19.7. The van der Waals surface area contributed by atoms with E-state index in [1.165, 1.54) is 18.3 Å². The molecule has 0 bridgehead atoms. The van der Waals surface area contributed by atoms with Crippen LogP contribution in [0, 0.1) is 15.3 Å². The van der Waals surface area contributed by atoms with Crippen molar-refractivity contribution >= 4 is 5.69 Å². The minimum Gasteiger partial charge on any atom is -0.619 e. The Kier molecular flexibility index (Phi) is 1.86. The molecule has 58 valence electrons. The van der Waals surface area contributed by atoms with Crippen LogP contribution in [-0.2, 0) is 0 Å². The molecule has 0 aliphatic carbocycles. The van der Waals surface area contributed by atoms with Crippen LogP contribution < -0.4 is 10.2 Å². The van der Waals surface area contributed by atoms with E-state index in [0.717, 1.165) is 6.20 Å². The van der Waals surface area contributed by atoms with E-state index >= 15 is 0 Å². The Hall–Kier alpha value is -1.85. The van der Waals surface area contributed by atoms with Crippen molar-refractivity contribution in [2.75, 3.05) is 5.43 Å². The second-order valence-corrected chi connectivity index (χ2v) is 1.82. The monoisotopic (exact) mass is 155 g/mol. The van der Waals surface area contributed by atoms with Crippen molar-refractivity contribution in [2.24, 2.45) is 0 Å².